The number of hydrogen-bond acceptors (Lipinski definition) is 5. The van der Waals surface area contributed by atoms with Crippen LogP contribution in [0.15, 0.2) is 0 Å². The summed E-state index contributed by atoms with van der Waals surface area (Å²) in [5.74, 6) is -2.26. The second kappa shape index (κ2) is 8.46. The van der Waals surface area contributed by atoms with Crippen LogP contribution in [-0.2, 0) is 19.1 Å². The molecule has 0 bridgehead atoms. The fourth-order valence-corrected chi connectivity index (χ4v) is 1.30. The highest BCUT2D eigenvalue weighted by Gasteiger charge is 2.24. The average Bonchev–Trinajstić information content (AvgIpc) is 2.27. The van der Waals surface area contributed by atoms with Crippen molar-refractivity contribution < 1.29 is 24.2 Å². The fraction of sp³-hybridized carbons (Fsp3) is 0.727. The Labute approximate surface area is 106 Å². The number of carboxylic acids is 1. The van der Waals surface area contributed by atoms with Gasteiger partial charge < -0.3 is 20.9 Å². The van der Waals surface area contributed by atoms with Crippen LogP contribution in [0.5, 0.6) is 0 Å². The molecule has 7 heteroatoms. The number of carbonyl (C=O) groups is 3. The molecular weight excluding hydrogens is 240 g/mol. The summed E-state index contributed by atoms with van der Waals surface area (Å²) < 4.78 is 4.62. The summed E-state index contributed by atoms with van der Waals surface area (Å²) in [5.41, 5.74) is 5.39. The van der Waals surface area contributed by atoms with Gasteiger partial charge in [0.1, 0.15) is 0 Å². The summed E-state index contributed by atoms with van der Waals surface area (Å²) in [7, 11) is 0. The van der Waals surface area contributed by atoms with Crippen LogP contribution >= 0.6 is 0 Å². The minimum atomic E-state index is -1.34. The molecule has 0 aliphatic heterocycles. The number of esters is 1. The predicted octanol–water partition coefficient (Wildman–Crippen LogP) is -0.364. The maximum atomic E-state index is 11.5. The van der Waals surface area contributed by atoms with E-state index in [-0.39, 0.29) is 19.1 Å². The zero-order valence-electron chi connectivity index (χ0n) is 10.6. The van der Waals surface area contributed by atoms with Crippen LogP contribution < -0.4 is 11.1 Å². The number of carboxylic acid groups (broad SMARTS) is 1. The summed E-state index contributed by atoms with van der Waals surface area (Å²) in [5, 5.41) is 11.0. The first-order valence-electron chi connectivity index (χ1n) is 5.82. The Balaban J connectivity index is 3.98. The molecule has 1 amide bonds. The molecule has 2 unspecified atom stereocenters. The third-order valence-corrected chi connectivity index (χ3v) is 2.24. The van der Waals surface area contributed by atoms with Crippen molar-refractivity contribution in [2.45, 2.75) is 45.2 Å². The van der Waals surface area contributed by atoms with Crippen LogP contribution in [0.1, 0.15) is 33.1 Å². The quantitative estimate of drug-likeness (QED) is 0.405. The number of hydrogen-bond donors (Lipinski definition) is 3. The number of nitrogens with one attached hydrogen (secondary N) is 1. The molecule has 0 radical (unpaired) electrons. The van der Waals surface area contributed by atoms with E-state index in [4.69, 9.17) is 10.8 Å². The van der Waals surface area contributed by atoms with Crippen LogP contribution in [-0.4, -0.2) is 41.6 Å². The molecule has 18 heavy (non-hydrogen) atoms. The van der Waals surface area contributed by atoms with Gasteiger partial charge in [-0.2, -0.15) is 0 Å². The van der Waals surface area contributed by atoms with Crippen LogP contribution in [0.25, 0.3) is 0 Å². The molecule has 0 aromatic rings. The number of ether oxygens (including phenoxy) is 1. The summed E-state index contributed by atoms with van der Waals surface area (Å²) in [6, 6.07) is -1.58. The summed E-state index contributed by atoms with van der Waals surface area (Å²) in [4.78, 5) is 33.0. The Morgan fingerprint density at radius 2 is 2.00 bits per heavy atom. The SMILES string of the molecule is CCOC(=O)C(N)C(=O)NC(C)CCCC(=O)O. The van der Waals surface area contributed by atoms with E-state index in [0.29, 0.717) is 12.8 Å². The Morgan fingerprint density at radius 1 is 1.39 bits per heavy atom. The van der Waals surface area contributed by atoms with Crippen molar-refractivity contribution in [3.63, 3.8) is 0 Å². The molecule has 0 aliphatic rings. The molecule has 0 saturated heterocycles. The number of rotatable bonds is 8. The molecule has 0 aromatic heterocycles. The third kappa shape index (κ3) is 6.85. The van der Waals surface area contributed by atoms with E-state index in [1.807, 2.05) is 0 Å². The van der Waals surface area contributed by atoms with Gasteiger partial charge in [0, 0.05) is 12.5 Å². The molecule has 0 saturated carbocycles. The van der Waals surface area contributed by atoms with Gasteiger partial charge in [0.05, 0.1) is 6.61 Å². The first-order chi connectivity index (χ1) is 8.38. The number of carbonyl (C=O) groups excluding carboxylic acids is 2. The molecule has 0 spiro atoms. The van der Waals surface area contributed by atoms with E-state index in [9.17, 15) is 14.4 Å². The average molecular weight is 260 g/mol. The molecule has 0 aromatic carbocycles. The highest BCUT2D eigenvalue weighted by Crippen LogP contribution is 2.01. The van der Waals surface area contributed by atoms with Gasteiger partial charge in [0.2, 0.25) is 5.91 Å². The van der Waals surface area contributed by atoms with Crippen molar-refractivity contribution >= 4 is 17.8 Å². The van der Waals surface area contributed by atoms with E-state index in [1.165, 1.54) is 0 Å². The zero-order chi connectivity index (χ0) is 14.1. The molecule has 0 fully saturated rings. The number of nitrogens with two attached hydrogens (primary N) is 1. The van der Waals surface area contributed by atoms with Gasteiger partial charge in [-0.15, -0.1) is 0 Å². The monoisotopic (exact) mass is 260 g/mol. The zero-order valence-corrected chi connectivity index (χ0v) is 10.6. The van der Waals surface area contributed by atoms with E-state index < -0.39 is 23.9 Å². The van der Waals surface area contributed by atoms with Crippen molar-refractivity contribution in [2.24, 2.45) is 5.73 Å². The summed E-state index contributed by atoms with van der Waals surface area (Å²) in [6.07, 6.45) is 1.00. The Morgan fingerprint density at radius 3 is 2.50 bits per heavy atom. The molecule has 2 atom stereocenters. The summed E-state index contributed by atoms with van der Waals surface area (Å²) in [6.45, 7) is 3.50. The van der Waals surface area contributed by atoms with Gasteiger partial charge in [-0.05, 0) is 26.7 Å². The van der Waals surface area contributed by atoms with Crippen LogP contribution in [0.4, 0.5) is 0 Å². The van der Waals surface area contributed by atoms with E-state index in [2.05, 4.69) is 10.1 Å². The highest BCUT2D eigenvalue weighted by atomic mass is 16.5. The molecule has 0 rings (SSSR count). The predicted molar refractivity (Wildman–Crippen MR) is 63.7 cm³/mol. The number of aliphatic carboxylic acids is 1. The second-order valence-electron chi connectivity index (χ2n) is 3.93. The lowest BCUT2D eigenvalue weighted by Gasteiger charge is -2.16. The van der Waals surface area contributed by atoms with Gasteiger partial charge >= 0.3 is 11.9 Å². The van der Waals surface area contributed by atoms with Gasteiger partial charge in [-0.1, -0.05) is 0 Å². The Bertz CT molecular complexity index is 306. The number of amides is 1. The van der Waals surface area contributed by atoms with Crippen molar-refractivity contribution in [3.05, 3.63) is 0 Å². The lowest BCUT2D eigenvalue weighted by Crippen LogP contribution is -2.49. The highest BCUT2D eigenvalue weighted by molar-refractivity contribution is 6.01. The minimum Gasteiger partial charge on any atom is -0.481 e. The summed E-state index contributed by atoms with van der Waals surface area (Å²) >= 11 is 0. The van der Waals surface area contributed by atoms with E-state index in [0.717, 1.165) is 0 Å². The topological polar surface area (TPSA) is 119 Å². The lowest BCUT2D eigenvalue weighted by atomic mass is 10.1. The van der Waals surface area contributed by atoms with E-state index >= 15 is 0 Å². The van der Waals surface area contributed by atoms with E-state index in [1.54, 1.807) is 13.8 Å². The fourth-order valence-electron chi connectivity index (χ4n) is 1.30. The molecule has 7 nitrogen and oxygen atoms in total. The minimum absolute atomic E-state index is 0.0458. The molecule has 4 N–H and O–H groups in total. The van der Waals surface area contributed by atoms with Crippen LogP contribution in [0, 0.1) is 0 Å². The Kier molecular flexibility index (Phi) is 7.69. The first kappa shape index (κ1) is 16.4. The lowest BCUT2D eigenvalue weighted by molar-refractivity contribution is -0.148. The third-order valence-electron chi connectivity index (χ3n) is 2.24. The van der Waals surface area contributed by atoms with Crippen molar-refractivity contribution in [3.8, 4) is 0 Å². The molecule has 0 aliphatic carbocycles. The largest absolute Gasteiger partial charge is 0.481 e. The van der Waals surface area contributed by atoms with Gasteiger partial charge in [0.25, 0.3) is 0 Å². The Hall–Kier alpha value is -1.63. The maximum absolute atomic E-state index is 11.5. The van der Waals surface area contributed by atoms with Gasteiger partial charge in [0.15, 0.2) is 6.04 Å². The van der Waals surface area contributed by atoms with Crippen molar-refractivity contribution in [1.82, 2.24) is 5.32 Å². The second-order valence-corrected chi connectivity index (χ2v) is 3.93. The van der Waals surface area contributed by atoms with Crippen molar-refractivity contribution in [2.75, 3.05) is 6.61 Å². The van der Waals surface area contributed by atoms with Crippen LogP contribution in [0.3, 0.4) is 0 Å². The maximum Gasteiger partial charge on any atom is 0.332 e. The van der Waals surface area contributed by atoms with Gasteiger partial charge in [-0.3, -0.25) is 9.59 Å². The molecular formula is C11H20N2O5. The smallest absolute Gasteiger partial charge is 0.332 e. The molecule has 104 valence electrons. The normalized spacial score (nSPS) is 13.5. The van der Waals surface area contributed by atoms with Gasteiger partial charge in [-0.25, -0.2) is 4.79 Å². The van der Waals surface area contributed by atoms with Crippen molar-refractivity contribution in [1.29, 1.82) is 0 Å². The van der Waals surface area contributed by atoms with Crippen LogP contribution in [0.2, 0.25) is 0 Å². The molecule has 0 heterocycles. The standard InChI is InChI=1S/C11H20N2O5/c1-3-18-11(17)9(12)10(16)13-7(2)5-4-6-8(14)15/h7,9H,3-6,12H2,1-2H3,(H,13,16)(H,14,15). The first-order valence-corrected chi connectivity index (χ1v) is 5.82.